The summed E-state index contributed by atoms with van der Waals surface area (Å²) in [7, 11) is 0. The van der Waals surface area contributed by atoms with Gasteiger partial charge in [-0.25, -0.2) is 0 Å². The molecule has 5 aromatic rings. The molecule has 1 aromatic heterocycles. The molecule has 43 heavy (non-hydrogen) atoms. The van der Waals surface area contributed by atoms with Crippen LogP contribution in [0.1, 0.15) is 28.5 Å². The number of aromatic nitrogens is 4. The summed E-state index contributed by atoms with van der Waals surface area (Å²) in [5.41, 5.74) is 4.11. The number of tetrazole rings is 1. The molecule has 9 nitrogen and oxygen atoms in total. The van der Waals surface area contributed by atoms with E-state index < -0.39 is 24.5 Å². The van der Waals surface area contributed by atoms with Gasteiger partial charge >= 0.3 is 6.01 Å². The van der Waals surface area contributed by atoms with Gasteiger partial charge in [0.25, 0.3) is 0 Å². The summed E-state index contributed by atoms with van der Waals surface area (Å²) in [5.74, 6) is 0. The zero-order chi connectivity index (χ0) is 29.1. The zero-order valence-corrected chi connectivity index (χ0v) is 23.7. The second-order valence-electron chi connectivity index (χ2n) is 10.3. The number of fused-ring (bicyclic) bond motifs is 1. The Bertz CT molecular complexity index is 1510. The molecular formula is C34H34N4O5. The molecule has 0 saturated heterocycles. The third kappa shape index (κ3) is 7.71. The lowest BCUT2D eigenvalue weighted by molar-refractivity contribution is -0.192. The first-order chi connectivity index (χ1) is 21.3. The summed E-state index contributed by atoms with van der Waals surface area (Å²) >= 11 is 0. The molecule has 0 saturated carbocycles. The van der Waals surface area contributed by atoms with Gasteiger partial charge in [0, 0.05) is 0 Å². The molecule has 9 heteroatoms. The highest BCUT2D eigenvalue weighted by Crippen LogP contribution is 2.33. The van der Waals surface area contributed by atoms with Gasteiger partial charge in [-0.15, -0.1) is 0 Å². The van der Waals surface area contributed by atoms with Crippen LogP contribution < -0.4 is 4.74 Å². The fourth-order valence-corrected chi connectivity index (χ4v) is 4.97. The Hall–Kier alpha value is -4.41. The van der Waals surface area contributed by atoms with Gasteiger partial charge in [-0.05, 0) is 32.7 Å². The number of hydrogen-bond donors (Lipinski definition) is 0. The fourth-order valence-electron chi connectivity index (χ4n) is 4.97. The maximum Gasteiger partial charge on any atom is 0.338 e. The molecule has 1 aliphatic rings. The third-order valence-corrected chi connectivity index (χ3v) is 7.16. The van der Waals surface area contributed by atoms with Crippen molar-refractivity contribution in [2.45, 2.75) is 51.0 Å². The van der Waals surface area contributed by atoms with Crippen molar-refractivity contribution < 1.29 is 23.7 Å². The Kier molecular flexibility index (Phi) is 9.78. The number of nitrogens with zero attached hydrogens (tertiary/aromatic N) is 4. The molecule has 0 aliphatic carbocycles. The van der Waals surface area contributed by atoms with Crippen LogP contribution in [-0.4, -0.2) is 45.1 Å². The van der Waals surface area contributed by atoms with Crippen molar-refractivity contribution in [1.29, 1.82) is 0 Å². The van der Waals surface area contributed by atoms with Crippen molar-refractivity contribution in [3.05, 3.63) is 144 Å². The lowest BCUT2D eigenvalue weighted by Crippen LogP contribution is -2.48. The minimum absolute atomic E-state index is 0.213. The number of benzene rings is 4. The second kappa shape index (κ2) is 14.7. The summed E-state index contributed by atoms with van der Waals surface area (Å²) in [6.45, 7) is 1.63. The van der Waals surface area contributed by atoms with Crippen LogP contribution in [0.3, 0.4) is 0 Å². The van der Waals surface area contributed by atoms with E-state index in [-0.39, 0.29) is 12.6 Å². The van der Waals surface area contributed by atoms with E-state index in [1.165, 1.54) is 4.68 Å². The van der Waals surface area contributed by atoms with E-state index in [1.807, 2.05) is 121 Å². The summed E-state index contributed by atoms with van der Waals surface area (Å²) < 4.78 is 34.0. The predicted octanol–water partition coefficient (Wildman–Crippen LogP) is 5.54. The first kappa shape index (κ1) is 28.7. The highest BCUT2D eigenvalue weighted by atomic mass is 16.6. The van der Waals surface area contributed by atoms with E-state index in [9.17, 15) is 0 Å². The molecule has 0 unspecified atom stereocenters. The molecule has 0 N–H and O–H groups in total. The average Bonchev–Trinajstić information content (AvgIpc) is 3.48. The molecule has 0 radical (unpaired) electrons. The average molecular weight is 579 g/mol. The van der Waals surface area contributed by atoms with Crippen molar-refractivity contribution >= 4 is 0 Å². The van der Waals surface area contributed by atoms with Crippen molar-refractivity contribution in [3.63, 3.8) is 0 Å². The first-order valence-electron chi connectivity index (χ1n) is 14.4. The minimum atomic E-state index is -0.742. The van der Waals surface area contributed by atoms with Gasteiger partial charge in [-0.1, -0.05) is 126 Å². The molecule has 220 valence electrons. The van der Waals surface area contributed by atoms with Crippen LogP contribution in [-0.2, 0) is 45.4 Å². The number of ether oxygens (including phenoxy) is 5. The van der Waals surface area contributed by atoms with Crippen molar-refractivity contribution in [2.75, 3.05) is 6.61 Å². The van der Waals surface area contributed by atoms with Gasteiger partial charge in [0.1, 0.15) is 12.2 Å². The van der Waals surface area contributed by atoms with Gasteiger partial charge in [0.15, 0.2) is 12.3 Å². The van der Waals surface area contributed by atoms with Crippen molar-refractivity contribution in [3.8, 4) is 6.01 Å². The van der Waals surface area contributed by atoms with Gasteiger partial charge in [-0.3, -0.25) is 0 Å². The zero-order valence-electron chi connectivity index (χ0n) is 23.7. The third-order valence-electron chi connectivity index (χ3n) is 7.16. The molecule has 4 atom stereocenters. The molecule has 1 aliphatic heterocycles. The lowest BCUT2D eigenvalue weighted by atomic mass is 10.1. The van der Waals surface area contributed by atoms with Gasteiger partial charge in [-0.2, -0.15) is 4.68 Å². The van der Waals surface area contributed by atoms with E-state index in [0.29, 0.717) is 26.4 Å². The van der Waals surface area contributed by atoms with E-state index in [2.05, 4.69) is 15.5 Å². The SMILES string of the molecule is c1ccc(COC[C@H]2Oc3nnnn3[C@H](OCc3ccccc3)[C@@H](OCc3ccccc3)[C@@H]2OCc2ccccc2)cc1. The number of rotatable bonds is 13. The van der Waals surface area contributed by atoms with Crippen LogP contribution in [0.25, 0.3) is 0 Å². The highest BCUT2D eigenvalue weighted by molar-refractivity contribution is 5.16. The van der Waals surface area contributed by atoms with Crippen LogP contribution in [0.5, 0.6) is 6.01 Å². The Morgan fingerprint density at radius 3 is 1.56 bits per heavy atom. The van der Waals surface area contributed by atoms with Crippen LogP contribution in [0.2, 0.25) is 0 Å². The van der Waals surface area contributed by atoms with E-state index in [4.69, 9.17) is 23.7 Å². The first-order valence-corrected chi connectivity index (χ1v) is 14.4. The topological polar surface area (TPSA) is 89.8 Å². The number of hydrogen-bond acceptors (Lipinski definition) is 8. The van der Waals surface area contributed by atoms with Crippen molar-refractivity contribution in [2.24, 2.45) is 0 Å². The Labute approximate surface area is 250 Å². The maximum absolute atomic E-state index is 6.67. The van der Waals surface area contributed by atoms with Gasteiger partial charge in [0.2, 0.25) is 0 Å². The Morgan fingerprint density at radius 2 is 1.02 bits per heavy atom. The molecule has 0 amide bonds. The molecular weight excluding hydrogens is 544 g/mol. The van der Waals surface area contributed by atoms with Gasteiger partial charge < -0.3 is 23.7 Å². The maximum atomic E-state index is 6.67. The molecule has 6 rings (SSSR count). The fraction of sp³-hybridized carbons (Fsp3) is 0.265. The Balaban J connectivity index is 1.31. The smallest absolute Gasteiger partial charge is 0.338 e. The predicted molar refractivity (Wildman–Crippen MR) is 159 cm³/mol. The molecule has 4 aromatic carbocycles. The summed E-state index contributed by atoms with van der Waals surface area (Å²) in [6, 6.07) is 40.2. The monoisotopic (exact) mass is 578 g/mol. The van der Waals surface area contributed by atoms with E-state index in [0.717, 1.165) is 22.3 Å². The highest BCUT2D eigenvalue weighted by Gasteiger charge is 2.45. The quantitative estimate of drug-likeness (QED) is 0.180. The van der Waals surface area contributed by atoms with Crippen LogP contribution in [0.15, 0.2) is 121 Å². The van der Waals surface area contributed by atoms with Crippen LogP contribution >= 0.6 is 0 Å². The van der Waals surface area contributed by atoms with Crippen molar-refractivity contribution in [1.82, 2.24) is 20.2 Å². The van der Waals surface area contributed by atoms with E-state index in [1.54, 1.807) is 0 Å². The van der Waals surface area contributed by atoms with E-state index >= 15 is 0 Å². The summed E-state index contributed by atoms with van der Waals surface area (Å²) in [5, 5.41) is 12.3. The summed E-state index contributed by atoms with van der Waals surface area (Å²) in [4.78, 5) is 0. The molecule has 0 spiro atoms. The lowest BCUT2D eigenvalue weighted by Gasteiger charge is -2.33. The standard InChI is InChI=1S/C34H34N4O5/c1-5-13-26(14-6-1)21-39-25-30-31(40-22-27-15-7-2-8-16-27)32(41-23-28-17-9-3-10-18-28)33(38-34(43-30)35-36-37-38)42-24-29-19-11-4-12-20-29/h1-20,30-33H,21-25H2/t30-,31-,32+,33-/m1/s1. The normalized spacial score (nSPS) is 19.7. The molecule has 0 bridgehead atoms. The van der Waals surface area contributed by atoms with Crippen LogP contribution in [0.4, 0.5) is 0 Å². The van der Waals surface area contributed by atoms with Gasteiger partial charge in [0.05, 0.1) is 33.0 Å². The largest absolute Gasteiger partial charge is 0.454 e. The van der Waals surface area contributed by atoms with Crippen LogP contribution in [0, 0.1) is 0 Å². The minimum Gasteiger partial charge on any atom is -0.454 e. The molecule has 0 fully saturated rings. The Morgan fingerprint density at radius 1 is 0.558 bits per heavy atom. The summed E-state index contributed by atoms with van der Waals surface area (Å²) in [6.07, 6.45) is -2.59. The second-order valence-corrected chi connectivity index (χ2v) is 10.3. The molecule has 2 heterocycles.